The molecule has 4 aromatic rings. The van der Waals surface area contributed by atoms with Crippen molar-refractivity contribution in [3.8, 4) is 28.4 Å². The molecule has 2 aromatic carbocycles. The van der Waals surface area contributed by atoms with Crippen molar-refractivity contribution in [1.29, 1.82) is 0 Å². The van der Waals surface area contributed by atoms with Gasteiger partial charge in [0.05, 0.1) is 47.3 Å². The Labute approximate surface area is 232 Å². The van der Waals surface area contributed by atoms with Crippen molar-refractivity contribution in [2.24, 2.45) is 0 Å². The molecule has 0 spiro atoms. The van der Waals surface area contributed by atoms with Crippen LogP contribution in [0.1, 0.15) is 18.9 Å². The van der Waals surface area contributed by atoms with Crippen LogP contribution in [0.2, 0.25) is 10.0 Å². The Balaban J connectivity index is 1.33. The van der Waals surface area contributed by atoms with E-state index in [9.17, 15) is 13.6 Å². The van der Waals surface area contributed by atoms with Gasteiger partial charge in [0.1, 0.15) is 18.2 Å². The van der Waals surface area contributed by atoms with Crippen LogP contribution in [-0.4, -0.2) is 58.5 Å². The lowest BCUT2D eigenvalue weighted by molar-refractivity contribution is 0.0322. The average molecular weight is 577 g/mol. The fourth-order valence-electron chi connectivity index (χ4n) is 4.65. The fourth-order valence-corrected chi connectivity index (χ4v) is 5.31. The molecule has 0 bridgehead atoms. The monoisotopic (exact) mass is 576 g/mol. The van der Waals surface area contributed by atoms with Gasteiger partial charge in [0.15, 0.2) is 23.0 Å². The van der Waals surface area contributed by atoms with Crippen molar-refractivity contribution in [2.45, 2.75) is 18.9 Å². The normalized spacial score (nSPS) is 16.1. The number of halogens is 4. The minimum Gasteiger partial charge on any atom is -0.492 e. The zero-order valence-corrected chi connectivity index (χ0v) is 22.2. The van der Waals surface area contributed by atoms with Gasteiger partial charge in [0.2, 0.25) is 0 Å². The summed E-state index contributed by atoms with van der Waals surface area (Å²) in [5.74, 6) is -1.04. The van der Waals surface area contributed by atoms with E-state index in [1.165, 1.54) is 12.4 Å². The minimum atomic E-state index is -0.727. The van der Waals surface area contributed by atoms with Crippen molar-refractivity contribution in [3.63, 3.8) is 0 Å². The molecule has 2 fully saturated rings. The molecule has 0 amide bonds. The van der Waals surface area contributed by atoms with Crippen molar-refractivity contribution in [2.75, 3.05) is 39.5 Å². The molecular weight excluding hydrogens is 553 g/mol. The first-order valence-corrected chi connectivity index (χ1v) is 13.3. The maximum absolute atomic E-state index is 14.1. The quantitative estimate of drug-likeness (QED) is 0.272. The Bertz CT molecular complexity index is 1580. The summed E-state index contributed by atoms with van der Waals surface area (Å²) in [4.78, 5) is 20.4. The number of hydrogen-bond acceptors (Lipinski definition) is 6. The van der Waals surface area contributed by atoms with Gasteiger partial charge < -0.3 is 14.2 Å². The third-order valence-electron chi connectivity index (χ3n) is 6.72. The third-order valence-corrected chi connectivity index (χ3v) is 7.31. The highest BCUT2D eigenvalue weighted by Gasteiger charge is 2.32. The molecule has 12 heteroatoms. The molecule has 1 aliphatic heterocycles. The highest BCUT2D eigenvalue weighted by Crippen LogP contribution is 2.41. The van der Waals surface area contributed by atoms with E-state index < -0.39 is 11.6 Å². The molecule has 8 nitrogen and oxygen atoms in total. The maximum Gasteiger partial charge on any atom is 0.277 e. The summed E-state index contributed by atoms with van der Waals surface area (Å²) >= 11 is 13.3. The number of rotatable bonds is 8. The maximum atomic E-state index is 14.1. The molecule has 2 aromatic heterocycles. The second-order valence-corrected chi connectivity index (χ2v) is 10.3. The molecule has 204 valence electrons. The summed E-state index contributed by atoms with van der Waals surface area (Å²) in [6, 6.07) is 6.15. The van der Waals surface area contributed by atoms with Crippen LogP contribution in [-0.2, 0) is 4.74 Å². The van der Waals surface area contributed by atoms with E-state index in [0.717, 1.165) is 50.7 Å². The molecule has 0 atom stereocenters. The first-order chi connectivity index (χ1) is 18.9. The largest absolute Gasteiger partial charge is 0.492 e. The number of ether oxygens (including phenoxy) is 3. The second-order valence-electron chi connectivity index (χ2n) is 9.45. The van der Waals surface area contributed by atoms with Crippen molar-refractivity contribution in [1.82, 2.24) is 19.1 Å². The van der Waals surface area contributed by atoms with Crippen molar-refractivity contribution in [3.05, 3.63) is 74.8 Å². The molecule has 3 heterocycles. The Kier molecular flexibility index (Phi) is 7.20. The summed E-state index contributed by atoms with van der Waals surface area (Å²) in [6.45, 7) is 4.32. The molecule has 0 radical (unpaired) electrons. The summed E-state index contributed by atoms with van der Waals surface area (Å²) in [5, 5.41) is 0.501. The molecule has 1 saturated heterocycles. The lowest BCUT2D eigenvalue weighted by Gasteiger charge is -2.26. The first-order valence-electron chi connectivity index (χ1n) is 12.6. The Hall–Kier alpha value is -3.18. The van der Waals surface area contributed by atoms with E-state index in [0.29, 0.717) is 36.8 Å². The summed E-state index contributed by atoms with van der Waals surface area (Å²) in [7, 11) is 0. The van der Waals surface area contributed by atoms with Crippen LogP contribution in [0, 0.1) is 11.6 Å². The van der Waals surface area contributed by atoms with Crippen molar-refractivity contribution >= 4 is 28.8 Å². The zero-order valence-electron chi connectivity index (χ0n) is 20.7. The SMILES string of the molecule is O=c1c(-c2c(Cl)cc(OCCN3CCOCC3)cc2Cl)c2ncc(Oc3cc(F)ccc3F)cn2n1C1CC1. The van der Waals surface area contributed by atoms with E-state index in [4.69, 9.17) is 37.4 Å². The third kappa shape index (κ3) is 5.34. The number of fused-ring (bicyclic) bond motifs is 1. The Morgan fingerprint density at radius 1 is 1.03 bits per heavy atom. The van der Waals surface area contributed by atoms with Crippen LogP contribution in [0.3, 0.4) is 0 Å². The standard InChI is InChI=1S/C27H24Cl2F2N4O4/c28-20-12-18(38-10-7-33-5-8-37-9-6-33)13-21(29)24(20)25-26-32-14-19(39-23-11-16(30)1-4-22(23)31)15-34(26)35(27(25)36)17-2-3-17/h1,4,11-15,17H,2-3,5-10H2. The molecule has 0 N–H and O–H groups in total. The predicted molar refractivity (Wildman–Crippen MR) is 142 cm³/mol. The predicted octanol–water partition coefficient (Wildman–Crippen LogP) is 5.59. The van der Waals surface area contributed by atoms with E-state index in [2.05, 4.69) is 9.88 Å². The van der Waals surface area contributed by atoms with Gasteiger partial charge in [-0.1, -0.05) is 23.2 Å². The zero-order chi connectivity index (χ0) is 27.1. The topological polar surface area (TPSA) is 70.2 Å². The summed E-state index contributed by atoms with van der Waals surface area (Å²) in [6.07, 6.45) is 4.48. The van der Waals surface area contributed by atoms with E-state index in [1.54, 1.807) is 21.3 Å². The van der Waals surface area contributed by atoms with Gasteiger partial charge >= 0.3 is 0 Å². The molecular formula is C27H24Cl2F2N4O4. The van der Waals surface area contributed by atoms with Crippen LogP contribution in [0.15, 0.2) is 47.5 Å². The van der Waals surface area contributed by atoms with Gasteiger partial charge in [-0.15, -0.1) is 0 Å². The van der Waals surface area contributed by atoms with Crippen LogP contribution in [0.25, 0.3) is 16.8 Å². The Morgan fingerprint density at radius 3 is 2.49 bits per heavy atom. The molecule has 1 aliphatic carbocycles. The molecule has 2 aliphatic rings. The van der Waals surface area contributed by atoms with Crippen molar-refractivity contribution < 1.29 is 23.0 Å². The molecule has 6 rings (SSSR count). The lowest BCUT2D eigenvalue weighted by atomic mass is 10.1. The first kappa shape index (κ1) is 26.1. The number of morpholine rings is 1. The van der Waals surface area contributed by atoms with E-state index >= 15 is 0 Å². The lowest BCUT2D eigenvalue weighted by Crippen LogP contribution is -2.38. The van der Waals surface area contributed by atoms with Gasteiger partial charge in [-0.3, -0.25) is 9.69 Å². The van der Waals surface area contributed by atoms with Crippen LogP contribution in [0.5, 0.6) is 17.2 Å². The molecule has 39 heavy (non-hydrogen) atoms. The minimum absolute atomic E-state index is 0.0398. The summed E-state index contributed by atoms with van der Waals surface area (Å²) in [5.41, 5.74) is 0.575. The Morgan fingerprint density at radius 2 is 1.77 bits per heavy atom. The van der Waals surface area contributed by atoms with Crippen LogP contribution in [0.4, 0.5) is 8.78 Å². The number of hydrogen-bond donors (Lipinski definition) is 0. The van der Waals surface area contributed by atoms with E-state index in [-0.39, 0.29) is 38.7 Å². The van der Waals surface area contributed by atoms with E-state index in [1.807, 2.05) is 0 Å². The number of aromatic nitrogens is 3. The van der Waals surface area contributed by atoms with Crippen LogP contribution >= 0.6 is 23.2 Å². The second kappa shape index (κ2) is 10.8. The smallest absolute Gasteiger partial charge is 0.277 e. The van der Waals surface area contributed by atoms with Gasteiger partial charge in [0.25, 0.3) is 5.56 Å². The number of benzene rings is 2. The van der Waals surface area contributed by atoms with Gasteiger partial charge in [-0.25, -0.2) is 23.0 Å². The molecule has 0 unspecified atom stereocenters. The highest BCUT2D eigenvalue weighted by molar-refractivity contribution is 6.39. The van der Waals surface area contributed by atoms with Gasteiger partial charge in [-0.2, -0.15) is 0 Å². The number of nitrogens with zero attached hydrogens (tertiary/aromatic N) is 4. The fraction of sp³-hybridized carbons (Fsp3) is 0.333. The van der Waals surface area contributed by atoms with Gasteiger partial charge in [-0.05, 0) is 37.1 Å². The molecule has 1 saturated carbocycles. The summed E-state index contributed by atoms with van der Waals surface area (Å²) < 4.78 is 47.7. The highest BCUT2D eigenvalue weighted by atomic mass is 35.5. The average Bonchev–Trinajstić information content (AvgIpc) is 3.71. The van der Waals surface area contributed by atoms with Gasteiger partial charge in [0, 0.05) is 31.3 Å². The van der Waals surface area contributed by atoms with Crippen LogP contribution < -0.4 is 15.0 Å².